The van der Waals surface area contributed by atoms with Crippen LogP contribution in [0.1, 0.15) is 39.5 Å². The standard InChI is InChI=1S/C12H26N2/c1-4-11(2)9-14(3)10-12(5-6-12)7-8-13/h11H,4-10,13H2,1-3H3. The minimum absolute atomic E-state index is 0.608. The zero-order valence-electron chi connectivity index (χ0n) is 10.1. The third-order valence-electron chi connectivity index (χ3n) is 3.56. The van der Waals surface area contributed by atoms with Crippen molar-refractivity contribution in [3.8, 4) is 0 Å². The van der Waals surface area contributed by atoms with Crippen LogP contribution in [0.5, 0.6) is 0 Å². The molecule has 1 aliphatic carbocycles. The molecule has 0 aromatic rings. The summed E-state index contributed by atoms with van der Waals surface area (Å²) in [6.07, 6.45) is 5.30. The molecule has 0 aromatic heterocycles. The summed E-state index contributed by atoms with van der Waals surface area (Å²) in [6.45, 7) is 7.96. The lowest BCUT2D eigenvalue weighted by Gasteiger charge is -2.25. The van der Waals surface area contributed by atoms with Gasteiger partial charge in [-0.2, -0.15) is 0 Å². The second kappa shape index (κ2) is 5.13. The first-order valence-electron chi connectivity index (χ1n) is 6.00. The van der Waals surface area contributed by atoms with E-state index in [1.165, 1.54) is 38.8 Å². The highest BCUT2D eigenvalue weighted by molar-refractivity contribution is 4.95. The fourth-order valence-corrected chi connectivity index (χ4v) is 2.27. The van der Waals surface area contributed by atoms with E-state index in [0.717, 1.165) is 12.5 Å². The van der Waals surface area contributed by atoms with Gasteiger partial charge in [0.25, 0.3) is 0 Å². The number of nitrogens with zero attached hydrogens (tertiary/aromatic N) is 1. The van der Waals surface area contributed by atoms with Crippen LogP contribution in [0.15, 0.2) is 0 Å². The molecule has 14 heavy (non-hydrogen) atoms. The lowest BCUT2D eigenvalue weighted by Crippen LogP contribution is -2.31. The minimum atomic E-state index is 0.608. The molecule has 1 fully saturated rings. The molecule has 0 amide bonds. The lowest BCUT2D eigenvalue weighted by molar-refractivity contribution is 0.225. The smallest absolute Gasteiger partial charge is 0.00355 e. The van der Waals surface area contributed by atoms with E-state index in [1.54, 1.807) is 0 Å². The summed E-state index contributed by atoms with van der Waals surface area (Å²) in [5, 5.41) is 0. The number of nitrogens with two attached hydrogens (primary N) is 1. The van der Waals surface area contributed by atoms with Gasteiger partial charge in [0, 0.05) is 13.1 Å². The lowest BCUT2D eigenvalue weighted by atomic mass is 10.0. The van der Waals surface area contributed by atoms with Gasteiger partial charge in [0.1, 0.15) is 0 Å². The highest BCUT2D eigenvalue weighted by Crippen LogP contribution is 2.48. The second-order valence-electron chi connectivity index (χ2n) is 5.25. The molecule has 2 nitrogen and oxygen atoms in total. The average molecular weight is 198 g/mol. The monoisotopic (exact) mass is 198 g/mol. The van der Waals surface area contributed by atoms with Crippen LogP contribution in [0.3, 0.4) is 0 Å². The topological polar surface area (TPSA) is 29.3 Å². The van der Waals surface area contributed by atoms with Gasteiger partial charge in [-0.15, -0.1) is 0 Å². The van der Waals surface area contributed by atoms with Crippen molar-refractivity contribution in [1.29, 1.82) is 0 Å². The molecule has 1 saturated carbocycles. The molecule has 1 unspecified atom stereocenters. The van der Waals surface area contributed by atoms with Gasteiger partial charge in [-0.05, 0) is 44.2 Å². The molecule has 0 aliphatic heterocycles. The van der Waals surface area contributed by atoms with Crippen LogP contribution < -0.4 is 5.73 Å². The van der Waals surface area contributed by atoms with Crippen LogP contribution in [0.25, 0.3) is 0 Å². The Bertz CT molecular complexity index is 164. The Kier molecular flexibility index (Phi) is 4.39. The largest absolute Gasteiger partial charge is 0.330 e. The molecule has 2 N–H and O–H groups in total. The highest BCUT2D eigenvalue weighted by atomic mass is 15.1. The maximum Gasteiger partial charge on any atom is 0.00355 e. The molecule has 1 rings (SSSR count). The third-order valence-corrected chi connectivity index (χ3v) is 3.56. The van der Waals surface area contributed by atoms with E-state index in [0.29, 0.717) is 5.41 Å². The van der Waals surface area contributed by atoms with Gasteiger partial charge in [-0.1, -0.05) is 20.3 Å². The summed E-state index contributed by atoms with van der Waals surface area (Å²) in [5.74, 6) is 0.827. The molecule has 0 heterocycles. The first-order chi connectivity index (χ1) is 6.62. The summed E-state index contributed by atoms with van der Waals surface area (Å²) in [6, 6.07) is 0. The Morgan fingerprint density at radius 3 is 2.50 bits per heavy atom. The van der Waals surface area contributed by atoms with E-state index in [-0.39, 0.29) is 0 Å². The molecular weight excluding hydrogens is 172 g/mol. The normalized spacial score (nSPS) is 21.2. The molecule has 2 heteroatoms. The maximum absolute atomic E-state index is 5.64. The summed E-state index contributed by atoms with van der Waals surface area (Å²) in [4.78, 5) is 2.50. The SMILES string of the molecule is CCC(C)CN(C)CC1(CCN)CC1. The van der Waals surface area contributed by atoms with Gasteiger partial charge < -0.3 is 10.6 Å². The number of rotatable bonds is 7. The van der Waals surface area contributed by atoms with E-state index in [4.69, 9.17) is 5.73 Å². The minimum Gasteiger partial charge on any atom is -0.330 e. The molecule has 1 atom stereocenters. The van der Waals surface area contributed by atoms with Gasteiger partial charge in [0.05, 0.1) is 0 Å². The molecule has 84 valence electrons. The zero-order chi connectivity index (χ0) is 10.6. The van der Waals surface area contributed by atoms with Gasteiger partial charge in [-0.3, -0.25) is 0 Å². The zero-order valence-corrected chi connectivity index (χ0v) is 10.1. The molecule has 0 spiro atoms. The summed E-state index contributed by atoms with van der Waals surface area (Å²) >= 11 is 0. The Labute approximate surface area is 88.8 Å². The average Bonchev–Trinajstić information content (AvgIpc) is 2.85. The van der Waals surface area contributed by atoms with Gasteiger partial charge in [-0.25, -0.2) is 0 Å². The maximum atomic E-state index is 5.64. The van der Waals surface area contributed by atoms with Crippen molar-refractivity contribution in [2.24, 2.45) is 17.1 Å². The molecule has 1 aliphatic rings. The second-order valence-corrected chi connectivity index (χ2v) is 5.25. The molecule has 0 aromatic carbocycles. The van der Waals surface area contributed by atoms with Crippen LogP contribution in [0.2, 0.25) is 0 Å². The van der Waals surface area contributed by atoms with Crippen LogP contribution in [0.4, 0.5) is 0 Å². The molecular formula is C12H26N2. The number of hydrogen-bond donors (Lipinski definition) is 1. The predicted octanol–water partition coefficient (Wildman–Crippen LogP) is 2.09. The van der Waals surface area contributed by atoms with E-state index in [9.17, 15) is 0 Å². The molecule has 0 radical (unpaired) electrons. The van der Waals surface area contributed by atoms with Gasteiger partial charge in [0.15, 0.2) is 0 Å². The van der Waals surface area contributed by atoms with Crippen molar-refractivity contribution in [2.45, 2.75) is 39.5 Å². The van der Waals surface area contributed by atoms with Crippen molar-refractivity contribution in [3.05, 3.63) is 0 Å². The Hall–Kier alpha value is -0.0800. The highest BCUT2D eigenvalue weighted by Gasteiger charge is 2.42. The third kappa shape index (κ3) is 3.58. The van der Waals surface area contributed by atoms with Crippen LogP contribution in [-0.4, -0.2) is 31.6 Å². The first kappa shape index (κ1) is 12.0. The van der Waals surface area contributed by atoms with Crippen LogP contribution >= 0.6 is 0 Å². The van der Waals surface area contributed by atoms with Crippen LogP contribution in [-0.2, 0) is 0 Å². The first-order valence-corrected chi connectivity index (χ1v) is 6.00. The molecule has 0 bridgehead atoms. The van der Waals surface area contributed by atoms with Gasteiger partial charge >= 0.3 is 0 Å². The van der Waals surface area contributed by atoms with E-state index in [1.807, 2.05) is 0 Å². The van der Waals surface area contributed by atoms with Crippen molar-refractivity contribution in [2.75, 3.05) is 26.7 Å². The fraction of sp³-hybridized carbons (Fsp3) is 1.00. The Morgan fingerprint density at radius 1 is 1.43 bits per heavy atom. The Morgan fingerprint density at radius 2 is 2.07 bits per heavy atom. The fourth-order valence-electron chi connectivity index (χ4n) is 2.27. The van der Waals surface area contributed by atoms with Gasteiger partial charge in [0.2, 0.25) is 0 Å². The number of hydrogen-bond acceptors (Lipinski definition) is 2. The van der Waals surface area contributed by atoms with Crippen molar-refractivity contribution in [3.63, 3.8) is 0 Å². The molecule has 0 saturated heterocycles. The van der Waals surface area contributed by atoms with E-state index >= 15 is 0 Å². The van der Waals surface area contributed by atoms with Crippen LogP contribution in [0, 0.1) is 11.3 Å². The van der Waals surface area contributed by atoms with Crippen molar-refractivity contribution < 1.29 is 0 Å². The summed E-state index contributed by atoms with van der Waals surface area (Å²) < 4.78 is 0. The van der Waals surface area contributed by atoms with Crippen molar-refractivity contribution >= 4 is 0 Å². The summed E-state index contributed by atoms with van der Waals surface area (Å²) in [7, 11) is 2.25. The van der Waals surface area contributed by atoms with E-state index in [2.05, 4.69) is 25.8 Å². The van der Waals surface area contributed by atoms with E-state index < -0.39 is 0 Å². The Balaban J connectivity index is 2.22. The predicted molar refractivity (Wildman–Crippen MR) is 62.3 cm³/mol. The quantitative estimate of drug-likeness (QED) is 0.679. The van der Waals surface area contributed by atoms with Crippen molar-refractivity contribution in [1.82, 2.24) is 4.90 Å². The summed E-state index contributed by atoms with van der Waals surface area (Å²) in [5.41, 5.74) is 6.25.